The first kappa shape index (κ1) is 11.7. The van der Waals surface area contributed by atoms with Gasteiger partial charge >= 0.3 is 0 Å². The van der Waals surface area contributed by atoms with E-state index in [1.54, 1.807) is 0 Å². The molecule has 2 heteroatoms. The number of benzene rings is 2. The second kappa shape index (κ2) is 5.11. The summed E-state index contributed by atoms with van der Waals surface area (Å²) in [5, 5.41) is 0. The van der Waals surface area contributed by atoms with Crippen LogP contribution in [0.1, 0.15) is 17.0 Å². The van der Waals surface area contributed by atoms with E-state index >= 15 is 0 Å². The van der Waals surface area contributed by atoms with Gasteiger partial charge in [0.05, 0.1) is 0 Å². The van der Waals surface area contributed by atoms with Gasteiger partial charge in [0.25, 0.3) is 0 Å². The van der Waals surface area contributed by atoms with Crippen LogP contribution < -0.4 is 0 Å². The molecule has 3 aromatic rings. The van der Waals surface area contributed by atoms with Gasteiger partial charge in [0.1, 0.15) is 5.52 Å². The Morgan fingerprint density at radius 2 is 1.89 bits per heavy atom. The first-order valence-corrected chi connectivity index (χ1v) is 6.39. The van der Waals surface area contributed by atoms with Crippen LogP contribution in [0.15, 0.2) is 65.6 Å². The van der Waals surface area contributed by atoms with Gasteiger partial charge in [-0.15, -0.1) is 6.58 Å². The summed E-state index contributed by atoms with van der Waals surface area (Å²) in [6.07, 6.45) is 3.43. The zero-order chi connectivity index (χ0) is 13.1. The van der Waals surface area contributed by atoms with Crippen LogP contribution in [-0.4, -0.2) is 4.98 Å². The number of aromatic nitrogens is 1. The van der Waals surface area contributed by atoms with Crippen LogP contribution in [0.4, 0.5) is 0 Å². The molecule has 0 radical (unpaired) electrons. The first-order chi connectivity index (χ1) is 9.36. The number of fused-ring (bicyclic) bond motifs is 1. The fourth-order valence-corrected chi connectivity index (χ4v) is 2.22. The predicted molar refractivity (Wildman–Crippen MR) is 77.2 cm³/mol. The van der Waals surface area contributed by atoms with Crippen molar-refractivity contribution in [3.63, 3.8) is 0 Å². The molecule has 0 saturated carbocycles. The highest BCUT2D eigenvalue weighted by Gasteiger charge is 2.09. The summed E-state index contributed by atoms with van der Waals surface area (Å²) in [7, 11) is 0. The SMILES string of the molecule is C=CCc1cccc2oc(Cc3ccccc3)nc12. The Balaban J connectivity index is 1.97. The third-order valence-electron chi connectivity index (χ3n) is 3.11. The topological polar surface area (TPSA) is 26.0 Å². The predicted octanol–water partition coefficient (Wildman–Crippen LogP) is 4.15. The number of nitrogens with zero attached hydrogens (tertiary/aromatic N) is 1. The summed E-state index contributed by atoms with van der Waals surface area (Å²) < 4.78 is 5.81. The molecule has 0 N–H and O–H groups in total. The van der Waals surface area contributed by atoms with Gasteiger partial charge in [0.15, 0.2) is 11.5 Å². The molecule has 0 spiro atoms. The molecule has 2 nitrogen and oxygen atoms in total. The van der Waals surface area contributed by atoms with Crippen LogP contribution in [0.3, 0.4) is 0 Å². The Labute approximate surface area is 112 Å². The summed E-state index contributed by atoms with van der Waals surface area (Å²) in [6.45, 7) is 3.78. The van der Waals surface area contributed by atoms with Crippen LogP contribution in [0, 0.1) is 0 Å². The Bertz CT molecular complexity index is 698. The third kappa shape index (κ3) is 2.43. The molecule has 0 aliphatic carbocycles. The van der Waals surface area contributed by atoms with E-state index in [9.17, 15) is 0 Å². The lowest BCUT2D eigenvalue weighted by molar-refractivity contribution is 0.544. The second-order valence-electron chi connectivity index (χ2n) is 4.53. The highest BCUT2D eigenvalue weighted by molar-refractivity contribution is 5.76. The lowest BCUT2D eigenvalue weighted by Gasteiger charge is -1.95. The number of rotatable bonds is 4. The Kier molecular flexibility index (Phi) is 3.15. The molecule has 0 unspecified atom stereocenters. The van der Waals surface area contributed by atoms with Crippen molar-refractivity contribution in [2.75, 3.05) is 0 Å². The van der Waals surface area contributed by atoms with Gasteiger partial charge in [-0.05, 0) is 23.6 Å². The van der Waals surface area contributed by atoms with Crippen molar-refractivity contribution >= 4 is 11.1 Å². The molecule has 1 aromatic heterocycles. The summed E-state index contributed by atoms with van der Waals surface area (Å²) in [6, 6.07) is 16.3. The fourth-order valence-electron chi connectivity index (χ4n) is 2.22. The minimum atomic E-state index is 0.725. The Morgan fingerprint density at radius 1 is 1.05 bits per heavy atom. The van der Waals surface area contributed by atoms with E-state index in [-0.39, 0.29) is 0 Å². The molecule has 3 rings (SSSR count). The summed E-state index contributed by atoms with van der Waals surface area (Å²) >= 11 is 0. The van der Waals surface area contributed by atoms with Crippen LogP contribution in [0.2, 0.25) is 0 Å². The van der Waals surface area contributed by atoms with E-state index in [0.29, 0.717) is 0 Å². The van der Waals surface area contributed by atoms with Crippen molar-refractivity contribution < 1.29 is 4.42 Å². The number of allylic oxidation sites excluding steroid dienone is 1. The maximum absolute atomic E-state index is 5.81. The van der Waals surface area contributed by atoms with Gasteiger partial charge in [0.2, 0.25) is 0 Å². The van der Waals surface area contributed by atoms with Crippen LogP contribution >= 0.6 is 0 Å². The first-order valence-electron chi connectivity index (χ1n) is 6.39. The molecule has 0 amide bonds. The Hall–Kier alpha value is -2.35. The lowest BCUT2D eigenvalue weighted by Crippen LogP contribution is -1.88. The van der Waals surface area contributed by atoms with Crippen molar-refractivity contribution in [1.82, 2.24) is 4.98 Å². The summed E-state index contributed by atoms with van der Waals surface area (Å²) in [5.74, 6) is 0.762. The molecule has 0 bridgehead atoms. The van der Waals surface area contributed by atoms with E-state index < -0.39 is 0 Å². The highest BCUT2D eigenvalue weighted by Crippen LogP contribution is 2.21. The van der Waals surface area contributed by atoms with Crippen molar-refractivity contribution in [2.45, 2.75) is 12.8 Å². The monoisotopic (exact) mass is 249 g/mol. The number of hydrogen-bond acceptors (Lipinski definition) is 2. The maximum atomic E-state index is 5.81. The standard InChI is InChI=1S/C17H15NO/c1-2-7-14-10-6-11-15-17(14)18-16(19-15)12-13-8-4-3-5-9-13/h2-6,8-11H,1,7,12H2. The number of para-hydroxylation sites is 1. The molecule has 2 aromatic carbocycles. The number of hydrogen-bond donors (Lipinski definition) is 0. The fraction of sp³-hybridized carbons (Fsp3) is 0.118. The normalized spacial score (nSPS) is 10.7. The quantitative estimate of drug-likeness (QED) is 0.649. The highest BCUT2D eigenvalue weighted by atomic mass is 16.3. The van der Waals surface area contributed by atoms with Gasteiger partial charge < -0.3 is 4.42 Å². The average molecular weight is 249 g/mol. The molecule has 0 saturated heterocycles. The molecule has 0 aliphatic rings. The molecular weight excluding hydrogens is 234 g/mol. The zero-order valence-electron chi connectivity index (χ0n) is 10.7. The maximum Gasteiger partial charge on any atom is 0.199 e. The van der Waals surface area contributed by atoms with E-state index in [1.165, 1.54) is 5.56 Å². The van der Waals surface area contributed by atoms with Crippen LogP contribution in [0.5, 0.6) is 0 Å². The average Bonchev–Trinajstić information content (AvgIpc) is 2.84. The largest absolute Gasteiger partial charge is 0.440 e. The van der Waals surface area contributed by atoms with Gasteiger partial charge in [-0.3, -0.25) is 0 Å². The minimum absolute atomic E-state index is 0.725. The van der Waals surface area contributed by atoms with Gasteiger partial charge in [-0.25, -0.2) is 4.98 Å². The molecule has 1 heterocycles. The molecular formula is C17H15NO. The summed E-state index contributed by atoms with van der Waals surface area (Å²) in [5.41, 5.74) is 4.17. The number of oxazole rings is 1. The van der Waals surface area contributed by atoms with Crippen LogP contribution in [0.25, 0.3) is 11.1 Å². The molecule has 0 atom stereocenters. The minimum Gasteiger partial charge on any atom is -0.440 e. The van der Waals surface area contributed by atoms with Crippen molar-refractivity contribution in [3.05, 3.63) is 78.2 Å². The van der Waals surface area contributed by atoms with E-state index in [1.807, 2.05) is 36.4 Å². The molecule has 19 heavy (non-hydrogen) atoms. The summed E-state index contributed by atoms with van der Waals surface area (Å²) in [4.78, 5) is 4.61. The zero-order valence-corrected chi connectivity index (χ0v) is 10.7. The van der Waals surface area contributed by atoms with E-state index in [4.69, 9.17) is 4.42 Å². The van der Waals surface area contributed by atoms with Crippen molar-refractivity contribution in [2.24, 2.45) is 0 Å². The lowest BCUT2D eigenvalue weighted by atomic mass is 10.1. The molecule has 94 valence electrons. The van der Waals surface area contributed by atoms with Gasteiger partial charge in [-0.2, -0.15) is 0 Å². The van der Waals surface area contributed by atoms with Gasteiger partial charge in [-0.1, -0.05) is 48.5 Å². The smallest absolute Gasteiger partial charge is 0.199 e. The molecule has 0 fully saturated rings. The van der Waals surface area contributed by atoms with E-state index in [0.717, 1.165) is 35.4 Å². The third-order valence-corrected chi connectivity index (χ3v) is 3.11. The van der Waals surface area contributed by atoms with Crippen molar-refractivity contribution in [3.8, 4) is 0 Å². The van der Waals surface area contributed by atoms with Gasteiger partial charge in [0, 0.05) is 6.42 Å². The van der Waals surface area contributed by atoms with E-state index in [2.05, 4.69) is 29.8 Å². The Morgan fingerprint density at radius 3 is 2.68 bits per heavy atom. The van der Waals surface area contributed by atoms with Crippen molar-refractivity contribution in [1.29, 1.82) is 0 Å². The second-order valence-corrected chi connectivity index (χ2v) is 4.53. The molecule has 0 aliphatic heterocycles. The van der Waals surface area contributed by atoms with Crippen LogP contribution in [-0.2, 0) is 12.8 Å².